The van der Waals surface area contributed by atoms with Gasteiger partial charge in [0.25, 0.3) is 0 Å². The Morgan fingerprint density at radius 3 is 2.31 bits per heavy atom. The first-order valence-corrected chi connectivity index (χ1v) is 8.54. The van der Waals surface area contributed by atoms with Gasteiger partial charge in [0, 0.05) is 17.3 Å². The summed E-state index contributed by atoms with van der Waals surface area (Å²) >= 11 is 6.08. The Morgan fingerprint density at radius 1 is 1.03 bits per heavy atom. The van der Waals surface area contributed by atoms with Crippen molar-refractivity contribution in [2.45, 2.75) is 12.7 Å². The van der Waals surface area contributed by atoms with Gasteiger partial charge in [0.1, 0.15) is 6.33 Å². The molecular formula is C18H13ClF3N5O2. The zero-order chi connectivity index (χ0) is 21.0. The number of nitrogens with zero attached hydrogens (tertiary/aromatic N) is 3. The highest BCUT2D eigenvalue weighted by atomic mass is 35.5. The molecule has 29 heavy (non-hydrogen) atoms. The molecule has 0 spiro atoms. The van der Waals surface area contributed by atoms with Gasteiger partial charge in [0.05, 0.1) is 10.5 Å². The van der Waals surface area contributed by atoms with E-state index in [0.29, 0.717) is 10.6 Å². The van der Waals surface area contributed by atoms with E-state index in [-0.39, 0.29) is 23.9 Å². The van der Waals surface area contributed by atoms with Crippen LogP contribution in [0, 0.1) is 10.1 Å². The summed E-state index contributed by atoms with van der Waals surface area (Å²) in [6.45, 7) is 0.178. The van der Waals surface area contributed by atoms with Gasteiger partial charge in [-0.05, 0) is 35.9 Å². The summed E-state index contributed by atoms with van der Waals surface area (Å²) in [7, 11) is 0. The maximum absolute atomic E-state index is 12.7. The van der Waals surface area contributed by atoms with E-state index in [0.717, 1.165) is 30.6 Å². The van der Waals surface area contributed by atoms with Gasteiger partial charge in [0.15, 0.2) is 0 Å². The van der Waals surface area contributed by atoms with Crippen molar-refractivity contribution >= 4 is 34.6 Å². The second-order valence-corrected chi connectivity index (χ2v) is 6.23. The summed E-state index contributed by atoms with van der Waals surface area (Å²) in [5.41, 5.74) is -0.363. The molecule has 0 radical (unpaired) electrons. The molecule has 0 amide bonds. The van der Waals surface area contributed by atoms with E-state index in [1.807, 2.05) is 0 Å². The van der Waals surface area contributed by atoms with E-state index in [1.165, 1.54) is 0 Å². The third kappa shape index (κ3) is 4.91. The number of nitro groups is 1. The lowest BCUT2D eigenvalue weighted by atomic mass is 10.2. The molecule has 2 N–H and O–H groups in total. The van der Waals surface area contributed by atoms with Gasteiger partial charge in [0.2, 0.25) is 11.6 Å². The molecule has 0 aliphatic carbocycles. The SMILES string of the molecule is O=[N+]([O-])c1c(NCc2ccccc2Cl)ncnc1Nc1ccc(C(F)(F)F)cc1. The molecule has 0 aliphatic heterocycles. The number of aromatic nitrogens is 2. The highest BCUT2D eigenvalue weighted by molar-refractivity contribution is 6.31. The molecule has 0 aliphatic rings. The molecule has 0 fully saturated rings. The first kappa shape index (κ1) is 20.3. The van der Waals surface area contributed by atoms with Crippen molar-refractivity contribution in [3.8, 4) is 0 Å². The second-order valence-electron chi connectivity index (χ2n) is 5.82. The summed E-state index contributed by atoms with van der Waals surface area (Å²) in [6.07, 6.45) is -3.37. The van der Waals surface area contributed by atoms with Crippen LogP contribution in [0.1, 0.15) is 11.1 Å². The summed E-state index contributed by atoms with van der Waals surface area (Å²) in [6, 6.07) is 11.0. The lowest BCUT2D eigenvalue weighted by Crippen LogP contribution is -2.09. The fraction of sp³-hybridized carbons (Fsp3) is 0.111. The number of rotatable bonds is 6. The minimum absolute atomic E-state index is 0.0562. The highest BCUT2D eigenvalue weighted by Crippen LogP contribution is 2.33. The Morgan fingerprint density at radius 2 is 1.69 bits per heavy atom. The van der Waals surface area contributed by atoms with E-state index in [1.54, 1.807) is 24.3 Å². The van der Waals surface area contributed by atoms with Crippen LogP contribution in [0.4, 0.5) is 36.2 Å². The molecule has 0 unspecified atom stereocenters. The van der Waals surface area contributed by atoms with Gasteiger partial charge in [-0.25, -0.2) is 9.97 Å². The quantitative estimate of drug-likeness (QED) is 0.406. The Kier molecular flexibility index (Phi) is 5.83. The maximum Gasteiger partial charge on any atom is 0.416 e. The maximum atomic E-state index is 12.7. The van der Waals surface area contributed by atoms with Crippen LogP contribution >= 0.6 is 11.6 Å². The van der Waals surface area contributed by atoms with Crippen molar-refractivity contribution in [3.63, 3.8) is 0 Å². The van der Waals surface area contributed by atoms with Crippen LogP contribution in [0.2, 0.25) is 5.02 Å². The number of hydrogen-bond donors (Lipinski definition) is 2. The Labute approximate surface area is 167 Å². The first-order chi connectivity index (χ1) is 13.8. The Balaban J connectivity index is 1.85. The highest BCUT2D eigenvalue weighted by Gasteiger charge is 2.30. The second kappa shape index (κ2) is 8.31. The fourth-order valence-corrected chi connectivity index (χ4v) is 2.68. The zero-order valence-corrected chi connectivity index (χ0v) is 15.3. The number of nitrogens with one attached hydrogen (secondary N) is 2. The van der Waals surface area contributed by atoms with Gasteiger partial charge in [-0.15, -0.1) is 0 Å². The van der Waals surface area contributed by atoms with Crippen molar-refractivity contribution in [1.82, 2.24) is 9.97 Å². The molecule has 3 rings (SSSR count). The summed E-state index contributed by atoms with van der Waals surface area (Å²) in [5.74, 6) is -0.217. The van der Waals surface area contributed by atoms with E-state index >= 15 is 0 Å². The molecular weight excluding hydrogens is 411 g/mol. The monoisotopic (exact) mass is 423 g/mol. The van der Waals surface area contributed by atoms with Crippen LogP contribution in [0.25, 0.3) is 0 Å². The molecule has 3 aromatic rings. The minimum atomic E-state index is -4.48. The largest absolute Gasteiger partial charge is 0.416 e. The Hall–Kier alpha value is -3.40. The third-order valence-corrected chi connectivity index (χ3v) is 4.25. The fourth-order valence-electron chi connectivity index (χ4n) is 2.47. The van der Waals surface area contributed by atoms with Crippen LogP contribution in [0.5, 0.6) is 0 Å². The average Bonchev–Trinajstić information content (AvgIpc) is 2.67. The number of halogens is 4. The van der Waals surface area contributed by atoms with Crippen LogP contribution in [0.3, 0.4) is 0 Å². The van der Waals surface area contributed by atoms with Crippen LogP contribution in [0.15, 0.2) is 54.9 Å². The van der Waals surface area contributed by atoms with Gasteiger partial charge < -0.3 is 10.6 Å². The van der Waals surface area contributed by atoms with Gasteiger partial charge >= 0.3 is 11.9 Å². The van der Waals surface area contributed by atoms with E-state index in [4.69, 9.17) is 11.6 Å². The van der Waals surface area contributed by atoms with Crippen LogP contribution in [-0.2, 0) is 12.7 Å². The molecule has 0 saturated carbocycles. The summed E-state index contributed by atoms with van der Waals surface area (Å²) < 4.78 is 38.0. The molecule has 7 nitrogen and oxygen atoms in total. The Bertz CT molecular complexity index is 1030. The first-order valence-electron chi connectivity index (χ1n) is 8.16. The van der Waals surface area contributed by atoms with Gasteiger partial charge in [-0.1, -0.05) is 29.8 Å². The predicted octanol–water partition coefficient (Wildman–Crippen LogP) is 5.41. The molecule has 150 valence electrons. The standard InChI is InChI=1S/C18H13ClF3N5O2/c19-14-4-2-1-3-11(14)9-23-16-15(27(28)29)17(25-10-24-16)26-13-7-5-12(6-8-13)18(20,21)22/h1-8,10H,9H2,(H2,23,24,25,26). The third-order valence-electron chi connectivity index (χ3n) is 3.88. The number of alkyl halides is 3. The van der Waals surface area contributed by atoms with Crippen LogP contribution < -0.4 is 10.6 Å². The van der Waals surface area contributed by atoms with E-state index < -0.39 is 22.4 Å². The summed E-state index contributed by atoms with van der Waals surface area (Å²) in [4.78, 5) is 18.6. The molecule has 2 aromatic carbocycles. The number of benzene rings is 2. The van der Waals surface area contributed by atoms with Crippen molar-refractivity contribution in [2.75, 3.05) is 10.6 Å². The van der Waals surface area contributed by atoms with E-state index in [2.05, 4.69) is 20.6 Å². The van der Waals surface area contributed by atoms with Gasteiger partial charge in [-0.3, -0.25) is 10.1 Å². The van der Waals surface area contributed by atoms with Gasteiger partial charge in [-0.2, -0.15) is 13.2 Å². The van der Waals surface area contributed by atoms with Crippen molar-refractivity contribution in [1.29, 1.82) is 0 Å². The van der Waals surface area contributed by atoms with Crippen molar-refractivity contribution < 1.29 is 18.1 Å². The average molecular weight is 424 g/mol. The smallest absolute Gasteiger partial charge is 0.360 e. The van der Waals surface area contributed by atoms with Crippen molar-refractivity contribution in [2.24, 2.45) is 0 Å². The van der Waals surface area contributed by atoms with E-state index in [9.17, 15) is 23.3 Å². The summed E-state index contributed by atoms with van der Waals surface area (Å²) in [5, 5.41) is 17.6. The number of anilines is 3. The number of hydrogen-bond acceptors (Lipinski definition) is 6. The molecule has 1 aromatic heterocycles. The predicted molar refractivity (Wildman–Crippen MR) is 102 cm³/mol. The lowest BCUT2D eigenvalue weighted by Gasteiger charge is -2.11. The lowest BCUT2D eigenvalue weighted by molar-refractivity contribution is -0.383. The van der Waals surface area contributed by atoms with Crippen molar-refractivity contribution in [3.05, 3.63) is 81.1 Å². The molecule has 0 saturated heterocycles. The molecule has 0 atom stereocenters. The molecule has 11 heteroatoms. The minimum Gasteiger partial charge on any atom is -0.360 e. The normalized spacial score (nSPS) is 11.2. The van der Waals surface area contributed by atoms with Crippen LogP contribution in [-0.4, -0.2) is 14.9 Å². The molecule has 1 heterocycles. The topological polar surface area (TPSA) is 93.0 Å². The molecule has 0 bridgehead atoms. The zero-order valence-electron chi connectivity index (χ0n) is 14.6.